The maximum atomic E-state index is 12.8. The minimum atomic E-state index is -1.64. The third-order valence-electron chi connectivity index (χ3n) is 4.64. The Morgan fingerprint density at radius 2 is 1.24 bits per heavy atom. The van der Waals surface area contributed by atoms with Crippen LogP contribution in [0.25, 0.3) is 0 Å². The molecule has 0 aliphatic carbocycles. The molecule has 0 bridgehead atoms. The first-order chi connectivity index (χ1) is 17.1. The van der Waals surface area contributed by atoms with Crippen LogP contribution < -0.4 is 44.6 Å². The first kappa shape index (κ1) is 32.5. The summed E-state index contributed by atoms with van der Waals surface area (Å²) in [5.41, 5.74) is 26.1. The van der Waals surface area contributed by atoms with Crippen molar-refractivity contribution in [1.82, 2.24) is 16.0 Å². The van der Waals surface area contributed by atoms with E-state index in [0.717, 1.165) is 0 Å². The quantitative estimate of drug-likeness (QED) is 0.0449. The number of nitrogens with two attached hydrogens (primary N) is 5. The van der Waals surface area contributed by atoms with Gasteiger partial charge in [-0.25, -0.2) is 4.79 Å². The summed E-state index contributed by atoms with van der Waals surface area (Å²) in [5, 5.41) is 24.6. The summed E-state index contributed by atoms with van der Waals surface area (Å²) in [5.74, 6) is -8.01. The van der Waals surface area contributed by atoms with Crippen LogP contribution in [0.4, 0.5) is 0 Å². The highest BCUT2D eigenvalue weighted by Gasteiger charge is 2.31. The molecule has 18 nitrogen and oxygen atoms in total. The molecule has 37 heavy (non-hydrogen) atoms. The molecular formula is C19H33N9O9. The molecule has 4 atom stereocenters. The summed E-state index contributed by atoms with van der Waals surface area (Å²) in [6, 6.07) is -6.12. The third-order valence-corrected chi connectivity index (χ3v) is 4.64. The van der Waals surface area contributed by atoms with Crippen molar-refractivity contribution in [2.24, 2.45) is 33.7 Å². The summed E-state index contributed by atoms with van der Waals surface area (Å²) >= 11 is 0. The molecule has 0 heterocycles. The van der Waals surface area contributed by atoms with Gasteiger partial charge in [0.1, 0.15) is 18.1 Å². The number of nitrogens with one attached hydrogen (secondary N) is 3. The normalized spacial score (nSPS) is 13.6. The van der Waals surface area contributed by atoms with Gasteiger partial charge in [-0.2, -0.15) is 0 Å². The highest BCUT2D eigenvalue weighted by molar-refractivity contribution is 5.96. The molecule has 0 aromatic rings. The number of hydrogen-bond donors (Lipinski definition) is 10. The number of carboxylic acid groups (broad SMARTS) is 2. The molecule has 0 aromatic heterocycles. The second-order valence-electron chi connectivity index (χ2n) is 7.85. The third kappa shape index (κ3) is 14.5. The fourth-order valence-corrected chi connectivity index (χ4v) is 2.83. The molecule has 15 N–H and O–H groups in total. The minimum Gasteiger partial charge on any atom is -0.481 e. The zero-order valence-electron chi connectivity index (χ0n) is 19.8. The summed E-state index contributed by atoms with van der Waals surface area (Å²) in [6.45, 7) is 0.0392. The van der Waals surface area contributed by atoms with Crippen LogP contribution in [-0.2, 0) is 33.6 Å². The number of guanidine groups is 1. The Bertz CT molecular complexity index is 905. The number of nitrogens with zero attached hydrogens (tertiary/aromatic N) is 1. The minimum absolute atomic E-state index is 0.0392. The molecule has 0 spiro atoms. The van der Waals surface area contributed by atoms with Gasteiger partial charge in [0.2, 0.25) is 29.5 Å². The van der Waals surface area contributed by atoms with E-state index in [0.29, 0.717) is 0 Å². The van der Waals surface area contributed by atoms with Crippen molar-refractivity contribution in [3.8, 4) is 0 Å². The lowest BCUT2D eigenvalue weighted by Crippen LogP contribution is -2.57. The number of primary amides is 2. The summed E-state index contributed by atoms with van der Waals surface area (Å²) in [7, 11) is 0. The highest BCUT2D eigenvalue weighted by atomic mass is 16.4. The zero-order chi connectivity index (χ0) is 28.7. The molecule has 4 unspecified atom stereocenters. The van der Waals surface area contributed by atoms with Gasteiger partial charge in [0.15, 0.2) is 5.96 Å². The lowest BCUT2D eigenvalue weighted by atomic mass is 10.1. The van der Waals surface area contributed by atoms with Gasteiger partial charge in [-0.05, 0) is 19.3 Å². The topological polar surface area (TPSA) is 338 Å². The van der Waals surface area contributed by atoms with E-state index in [1.807, 2.05) is 0 Å². The molecule has 0 aromatic carbocycles. The summed E-state index contributed by atoms with van der Waals surface area (Å²) in [6.07, 6.45) is -2.16. The molecule has 0 radical (unpaired) electrons. The fraction of sp³-hybridized carbons (Fsp3) is 0.579. The van der Waals surface area contributed by atoms with Gasteiger partial charge in [0.25, 0.3) is 0 Å². The van der Waals surface area contributed by atoms with E-state index in [-0.39, 0.29) is 38.2 Å². The molecule has 18 heteroatoms. The molecule has 0 fully saturated rings. The van der Waals surface area contributed by atoms with E-state index in [1.54, 1.807) is 0 Å². The SMILES string of the molecule is NC(=O)CCC(NC(=O)C(CCCN=C(N)N)NC(=O)C(CC(N)=O)NC(=O)C(N)CC(=O)O)C(=O)O. The van der Waals surface area contributed by atoms with Crippen LogP contribution in [0.3, 0.4) is 0 Å². The molecule has 0 saturated heterocycles. The largest absolute Gasteiger partial charge is 0.481 e. The van der Waals surface area contributed by atoms with Gasteiger partial charge in [-0.3, -0.25) is 33.8 Å². The monoisotopic (exact) mass is 531 g/mol. The Labute approximate surface area is 210 Å². The van der Waals surface area contributed by atoms with Crippen molar-refractivity contribution < 1.29 is 43.8 Å². The van der Waals surface area contributed by atoms with Crippen LogP contribution in [0.2, 0.25) is 0 Å². The number of amides is 5. The number of carbonyl (C=O) groups is 7. The summed E-state index contributed by atoms with van der Waals surface area (Å²) < 4.78 is 0. The van der Waals surface area contributed by atoms with E-state index in [9.17, 15) is 38.7 Å². The van der Waals surface area contributed by atoms with Gasteiger partial charge in [0, 0.05) is 13.0 Å². The lowest BCUT2D eigenvalue weighted by molar-refractivity contribution is -0.142. The van der Waals surface area contributed by atoms with Crippen LogP contribution in [0.1, 0.15) is 38.5 Å². The second kappa shape index (κ2) is 16.2. The van der Waals surface area contributed by atoms with E-state index in [4.69, 9.17) is 33.8 Å². The van der Waals surface area contributed by atoms with E-state index >= 15 is 0 Å². The van der Waals surface area contributed by atoms with Crippen LogP contribution in [0.15, 0.2) is 4.99 Å². The van der Waals surface area contributed by atoms with Crippen molar-refractivity contribution in [3.63, 3.8) is 0 Å². The van der Waals surface area contributed by atoms with E-state index in [2.05, 4.69) is 20.9 Å². The smallest absolute Gasteiger partial charge is 0.326 e. The van der Waals surface area contributed by atoms with Gasteiger partial charge < -0.3 is 54.8 Å². The zero-order valence-corrected chi connectivity index (χ0v) is 19.8. The molecule has 0 aliphatic heterocycles. The van der Waals surface area contributed by atoms with Crippen LogP contribution in [0, 0.1) is 0 Å². The van der Waals surface area contributed by atoms with E-state index in [1.165, 1.54) is 0 Å². The lowest BCUT2D eigenvalue weighted by Gasteiger charge is -2.24. The maximum Gasteiger partial charge on any atom is 0.326 e. The fourth-order valence-electron chi connectivity index (χ4n) is 2.83. The molecule has 0 rings (SSSR count). The average molecular weight is 532 g/mol. The Hall–Kier alpha value is -4.48. The van der Waals surface area contributed by atoms with Gasteiger partial charge in [-0.1, -0.05) is 0 Å². The Kier molecular flexibility index (Phi) is 14.3. The maximum absolute atomic E-state index is 12.8. The van der Waals surface area contributed by atoms with Crippen molar-refractivity contribution in [2.45, 2.75) is 62.7 Å². The van der Waals surface area contributed by atoms with Gasteiger partial charge in [-0.15, -0.1) is 0 Å². The van der Waals surface area contributed by atoms with Crippen LogP contribution in [-0.4, -0.2) is 88.4 Å². The average Bonchev–Trinajstić information content (AvgIpc) is 2.76. The Morgan fingerprint density at radius 3 is 1.73 bits per heavy atom. The van der Waals surface area contributed by atoms with Gasteiger partial charge in [0.05, 0.1) is 18.9 Å². The van der Waals surface area contributed by atoms with Crippen LogP contribution >= 0.6 is 0 Å². The first-order valence-corrected chi connectivity index (χ1v) is 10.9. The standard InChI is InChI=1S/C19H33N9O9/c20-8(6-14(31)32)15(33)28-11(7-13(22)30)17(35)26-9(2-1-5-25-19(23)24)16(34)27-10(18(36)37)3-4-12(21)29/h8-11H,1-7,20H2,(H2,21,29)(H2,22,30)(H,26,35)(H,27,34)(H,28,33)(H,31,32)(H,36,37)(H4,23,24,25). The van der Waals surface area contributed by atoms with Crippen molar-refractivity contribution in [3.05, 3.63) is 0 Å². The molecule has 208 valence electrons. The number of hydrogen-bond acceptors (Lipinski definition) is 9. The molecular weight excluding hydrogens is 498 g/mol. The number of rotatable bonds is 18. The highest BCUT2D eigenvalue weighted by Crippen LogP contribution is 2.05. The number of aliphatic imine (C=N–C) groups is 1. The predicted molar refractivity (Wildman–Crippen MR) is 126 cm³/mol. The van der Waals surface area contributed by atoms with E-state index < -0.39 is 78.5 Å². The second-order valence-corrected chi connectivity index (χ2v) is 7.85. The first-order valence-electron chi connectivity index (χ1n) is 10.9. The van der Waals surface area contributed by atoms with Crippen molar-refractivity contribution in [1.29, 1.82) is 0 Å². The van der Waals surface area contributed by atoms with Crippen LogP contribution in [0.5, 0.6) is 0 Å². The number of carboxylic acids is 2. The molecule has 0 aliphatic rings. The van der Waals surface area contributed by atoms with Gasteiger partial charge >= 0.3 is 11.9 Å². The molecule has 5 amide bonds. The number of aliphatic carboxylic acids is 2. The van der Waals surface area contributed by atoms with Crippen molar-refractivity contribution in [2.75, 3.05) is 6.54 Å². The Morgan fingerprint density at radius 1 is 0.703 bits per heavy atom. The summed E-state index contributed by atoms with van der Waals surface area (Å²) in [4.78, 5) is 86.2. The Balaban J connectivity index is 5.69. The van der Waals surface area contributed by atoms with Crippen molar-refractivity contribution >= 4 is 47.4 Å². The molecule has 0 saturated carbocycles. The number of carbonyl (C=O) groups excluding carboxylic acids is 5. The predicted octanol–water partition coefficient (Wildman–Crippen LogP) is -5.48.